The lowest BCUT2D eigenvalue weighted by atomic mass is 10.0. The molecule has 7 heavy (non-hydrogen) atoms. The lowest BCUT2D eigenvalue weighted by Gasteiger charge is -1.78. The zero-order valence-corrected chi connectivity index (χ0v) is 4.13. The van der Waals surface area contributed by atoms with Crippen molar-refractivity contribution in [3.05, 3.63) is 12.4 Å². The van der Waals surface area contributed by atoms with Crippen LogP contribution in [-0.4, -0.2) is 17.6 Å². The molecule has 0 spiro atoms. The van der Waals surface area contributed by atoms with E-state index in [4.69, 9.17) is 7.85 Å². The number of nitrogens with zero attached hydrogens (tertiary/aromatic N) is 2. The van der Waals surface area contributed by atoms with Crippen molar-refractivity contribution in [3.8, 4) is 0 Å². The van der Waals surface area contributed by atoms with Gasteiger partial charge in [-0.1, -0.05) is 5.46 Å². The van der Waals surface area contributed by atoms with Crippen molar-refractivity contribution in [1.29, 1.82) is 0 Å². The Hall–Kier alpha value is -0.725. The fourth-order valence-corrected chi connectivity index (χ4v) is 0.440. The third kappa shape index (κ3) is 0.826. The van der Waals surface area contributed by atoms with E-state index < -0.39 is 0 Å². The first-order chi connectivity index (χ1) is 3.29. The minimum atomic E-state index is 0.711. The summed E-state index contributed by atoms with van der Waals surface area (Å²) >= 11 is 0. The first kappa shape index (κ1) is 4.43. The molecule has 0 saturated heterocycles. The standard InChI is InChI=1S/C4H5BN2/c1-7-3-4(5)2-6-7/h2-3H,1H3. The van der Waals surface area contributed by atoms with E-state index in [1.165, 1.54) is 0 Å². The van der Waals surface area contributed by atoms with Gasteiger partial charge in [0.25, 0.3) is 0 Å². The second-order valence-electron chi connectivity index (χ2n) is 1.45. The summed E-state index contributed by atoms with van der Waals surface area (Å²) in [5, 5.41) is 3.81. The van der Waals surface area contributed by atoms with Crippen molar-refractivity contribution in [1.82, 2.24) is 9.78 Å². The van der Waals surface area contributed by atoms with Crippen molar-refractivity contribution in [2.75, 3.05) is 0 Å². The highest BCUT2D eigenvalue weighted by Gasteiger charge is 1.81. The van der Waals surface area contributed by atoms with Crippen molar-refractivity contribution in [3.63, 3.8) is 0 Å². The van der Waals surface area contributed by atoms with Gasteiger partial charge in [-0.2, -0.15) is 5.10 Å². The molecular weight excluding hydrogens is 86.9 g/mol. The topological polar surface area (TPSA) is 17.8 Å². The molecule has 0 saturated carbocycles. The molecule has 0 aliphatic rings. The van der Waals surface area contributed by atoms with Crippen LogP contribution < -0.4 is 5.46 Å². The fraction of sp³-hybridized carbons (Fsp3) is 0.250. The largest absolute Gasteiger partial charge is 0.276 e. The van der Waals surface area contributed by atoms with E-state index in [-0.39, 0.29) is 0 Å². The van der Waals surface area contributed by atoms with Crippen molar-refractivity contribution < 1.29 is 0 Å². The van der Waals surface area contributed by atoms with Gasteiger partial charge in [-0.05, 0) is 0 Å². The van der Waals surface area contributed by atoms with Gasteiger partial charge < -0.3 is 0 Å². The predicted octanol–water partition coefficient (Wildman–Crippen LogP) is -0.786. The minimum Gasteiger partial charge on any atom is -0.276 e. The molecule has 2 nitrogen and oxygen atoms in total. The normalized spacial score (nSPS) is 9.29. The van der Waals surface area contributed by atoms with Gasteiger partial charge in [0.1, 0.15) is 7.85 Å². The highest BCUT2D eigenvalue weighted by Crippen LogP contribution is 1.69. The summed E-state index contributed by atoms with van der Waals surface area (Å²) < 4.78 is 1.66. The average Bonchev–Trinajstić information content (AvgIpc) is 1.87. The minimum absolute atomic E-state index is 0.711. The Morgan fingerprint density at radius 2 is 2.57 bits per heavy atom. The Balaban J connectivity index is 3.04. The van der Waals surface area contributed by atoms with Gasteiger partial charge in [0, 0.05) is 19.4 Å². The number of aromatic nitrogens is 2. The zero-order valence-electron chi connectivity index (χ0n) is 4.13. The molecule has 2 radical (unpaired) electrons. The summed E-state index contributed by atoms with van der Waals surface area (Å²) in [7, 11) is 7.12. The summed E-state index contributed by atoms with van der Waals surface area (Å²) in [5.74, 6) is 0. The van der Waals surface area contributed by atoms with Crippen LogP contribution in [0.5, 0.6) is 0 Å². The lowest BCUT2D eigenvalue weighted by Crippen LogP contribution is -1.95. The van der Waals surface area contributed by atoms with E-state index in [0.29, 0.717) is 5.46 Å². The van der Waals surface area contributed by atoms with Crippen LogP contribution >= 0.6 is 0 Å². The molecule has 0 atom stereocenters. The monoisotopic (exact) mass is 92.1 g/mol. The van der Waals surface area contributed by atoms with Crippen LogP contribution in [0.15, 0.2) is 12.4 Å². The quantitative estimate of drug-likeness (QED) is 0.383. The van der Waals surface area contributed by atoms with Gasteiger partial charge in [0.15, 0.2) is 0 Å². The van der Waals surface area contributed by atoms with Crippen molar-refractivity contribution in [2.45, 2.75) is 0 Å². The van der Waals surface area contributed by atoms with E-state index in [2.05, 4.69) is 5.10 Å². The second kappa shape index (κ2) is 1.41. The third-order valence-electron chi connectivity index (χ3n) is 0.725. The fourth-order valence-electron chi connectivity index (χ4n) is 0.440. The molecule has 1 aromatic heterocycles. The van der Waals surface area contributed by atoms with E-state index in [1.807, 2.05) is 7.05 Å². The molecule has 0 aliphatic heterocycles. The van der Waals surface area contributed by atoms with Gasteiger partial charge in [0.2, 0.25) is 0 Å². The molecule has 0 fully saturated rings. The Morgan fingerprint density at radius 1 is 1.86 bits per heavy atom. The van der Waals surface area contributed by atoms with Gasteiger partial charge in [0.05, 0.1) is 0 Å². The third-order valence-corrected chi connectivity index (χ3v) is 0.725. The van der Waals surface area contributed by atoms with Crippen LogP contribution in [0, 0.1) is 0 Å². The average molecular weight is 91.9 g/mol. The first-order valence-corrected chi connectivity index (χ1v) is 2.03. The Bertz CT molecular complexity index is 142. The molecule has 1 rings (SSSR count). The summed E-state index contributed by atoms with van der Waals surface area (Å²) in [4.78, 5) is 0. The highest BCUT2D eigenvalue weighted by molar-refractivity contribution is 6.31. The Labute approximate surface area is 43.6 Å². The molecular formula is C4H5BN2. The van der Waals surface area contributed by atoms with Crippen molar-refractivity contribution in [2.24, 2.45) is 7.05 Å². The summed E-state index contributed by atoms with van der Waals surface area (Å²) in [6.07, 6.45) is 3.36. The lowest BCUT2D eigenvalue weighted by molar-refractivity contribution is 0.768. The number of aryl methyl sites for hydroxylation is 1. The number of rotatable bonds is 0. The van der Waals surface area contributed by atoms with E-state index in [0.717, 1.165) is 0 Å². The highest BCUT2D eigenvalue weighted by atomic mass is 15.2. The summed E-state index contributed by atoms with van der Waals surface area (Å²) in [6.45, 7) is 0. The molecule has 0 N–H and O–H groups in total. The molecule has 3 heteroatoms. The Kier molecular flexibility index (Phi) is 0.892. The van der Waals surface area contributed by atoms with Gasteiger partial charge >= 0.3 is 0 Å². The van der Waals surface area contributed by atoms with E-state index >= 15 is 0 Å². The van der Waals surface area contributed by atoms with Crippen LogP contribution in [0.3, 0.4) is 0 Å². The summed E-state index contributed by atoms with van der Waals surface area (Å²) in [5.41, 5.74) is 0.711. The zero-order chi connectivity index (χ0) is 5.28. The van der Waals surface area contributed by atoms with Crippen LogP contribution in [-0.2, 0) is 7.05 Å². The van der Waals surface area contributed by atoms with Gasteiger partial charge in [-0.15, -0.1) is 0 Å². The van der Waals surface area contributed by atoms with Crippen LogP contribution in [0.4, 0.5) is 0 Å². The van der Waals surface area contributed by atoms with E-state index in [1.54, 1.807) is 17.1 Å². The molecule has 0 amide bonds. The van der Waals surface area contributed by atoms with Crippen LogP contribution in [0.1, 0.15) is 0 Å². The SMILES string of the molecule is [B]c1cnn(C)c1. The molecule has 1 aromatic rings. The van der Waals surface area contributed by atoms with Crippen LogP contribution in [0.25, 0.3) is 0 Å². The smallest absolute Gasteiger partial charge is 0.118 e. The maximum atomic E-state index is 5.30. The van der Waals surface area contributed by atoms with Gasteiger partial charge in [-0.25, -0.2) is 0 Å². The number of hydrogen-bond acceptors (Lipinski definition) is 1. The van der Waals surface area contributed by atoms with E-state index in [9.17, 15) is 0 Å². The molecule has 0 unspecified atom stereocenters. The predicted molar refractivity (Wildman–Crippen MR) is 28.6 cm³/mol. The molecule has 1 heterocycles. The number of hydrogen-bond donors (Lipinski definition) is 0. The van der Waals surface area contributed by atoms with Crippen molar-refractivity contribution >= 4 is 13.3 Å². The van der Waals surface area contributed by atoms with Crippen LogP contribution in [0.2, 0.25) is 0 Å². The molecule has 0 bridgehead atoms. The Morgan fingerprint density at radius 3 is 2.71 bits per heavy atom. The maximum Gasteiger partial charge on any atom is 0.118 e. The summed E-state index contributed by atoms with van der Waals surface area (Å²) in [6, 6.07) is 0. The first-order valence-electron chi connectivity index (χ1n) is 2.03. The molecule has 0 aromatic carbocycles. The van der Waals surface area contributed by atoms with Gasteiger partial charge in [-0.3, -0.25) is 4.68 Å². The molecule has 34 valence electrons. The molecule has 0 aliphatic carbocycles. The second-order valence-corrected chi connectivity index (χ2v) is 1.45. The maximum absolute atomic E-state index is 5.30.